The SMILES string of the molecule is COC(=O)C(CSC(=O)Cc1ccccc1Nc1c(Cl)cccc1Cl)NC(C)=O. The molecule has 1 amide bonds. The zero-order valence-electron chi connectivity index (χ0n) is 15.8. The quantitative estimate of drug-likeness (QED) is 0.580. The molecule has 0 radical (unpaired) electrons. The number of rotatable bonds is 8. The van der Waals surface area contributed by atoms with Gasteiger partial charge in [0, 0.05) is 24.8 Å². The van der Waals surface area contributed by atoms with E-state index < -0.39 is 12.0 Å². The number of anilines is 2. The first kappa shape index (κ1) is 23.1. The van der Waals surface area contributed by atoms with Crippen LogP contribution in [0.15, 0.2) is 42.5 Å². The van der Waals surface area contributed by atoms with E-state index in [-0.39, 0.29) is 23.2 Å². The Labute approximate surface area is 183 Å². The highest BCUT2D eigenvalue weighted by molar-refractivity contribution is 8.13. The minimum atomic E-state index is -0.887. The second-order valence-electron chi connectivity index (χ2n) is 6.01. The zero-order chi connectivity index (χ0) is 21.4. The number of hydrogen-bond acceptors (Lipinski definition) is 6. The zero-order valence-corrected chi connectivity index (χ0v) is 18.2. The molecule has 0 heterocycles. The molecule has 6 nitrogen and oxygen atoms in total. The van der Waals surface area contributed by atoms with E-state index in [4.69, 9.17) is 23.2 Å². The van der Waals surface area contributed by atoms with Crippen molar-refractivity contribution in [1.29, 1.82) is 0 Å². The van der Waals surface area contributed by atoms with Crippen LogP contribution in [0.2, 0.25) is 10.0 Å². The maximum Gasteiger partial charge on any atom is 0.329 e. The Morgan fingerprint density at radius 2 is 1.72 bits per heavy atom. The first-order valence-corrected chi connectivity index (χ1v) is 10.4. The maximum absolute atomic E-state index is 12.5. The van der Waals surface area contributed by atoms with Gasteiger partial charge in [0.1, 0.15) is 6.04 Å². The molecular formula is C20H20Cl2N2O4S. The summed E-state index contributed by atoms with van der Waals surface area (Å²) in [4.78, 5) is 35.5. The van der Waals surface area contributed by atoms with Crippen LogP contribution < -0.4 is 10.6 Å². The van der Waals surface area contributed by atoms with Crippen molar-refractivity contribution in [2.24, 2.45) is 0 Å². The summed E-state index contributed by atoms with van der Waals surface area (Å²) in [6.07, 6.45) is 0.115. The van der Waals surface area contributed by atoms with Crippen LogP contribution in [0.5, 0.6) is 0 Å². The monoisotopic (exact) mass is 454 g/mol. The molecular weight excluding hydrogens is 435 g/mol. The molecule has 0 aliphatic heterocycles. The highest BCUT2D eigenvalue weighted by atomic mass is 35.5. The van der Waals surface area contributed by atoms with Crippen molar-refractivity contribution < 1.29 is 19.1 Å². The molecule has 0 aliphatic rings. The van der Waals surface area contributed by atoms with Crippen LogP contribution >= 0.6 is 35.0 Å². The molecule has 9 heteroatoms. The molecule has 0 saturated carbocycles. The largest absolute Gasteiger partial charge is 0.467 e. The average molecular weight is 455 g/mol. The smallest absolute Gasteiger partial charge is 0.329 e. The molecule has 2 rings (SSSR count). The summed E-state index contributed by atoms with van der Waals surface area (Å²) >= 11 is 13.4. The van der Waals surface area contributed by atoms with Crippen molar-refractivity contribution in [2.75, 3.05) is 18.2 Å². The van der Waals surface area contributed by atoms with Crippen LogP contribution in [-0.2, 0) is 25.5 Å². The third-order valence-corrected chi connectivity index (χ3v) is 5.45. The number of carbonyl (C=O) groups excluding carboxylic acids is 3. The van der Waals surface area contributed by atoms with E-state index in [1.54, 1.807) is 18.2 Å². The van der Waals surface area contributed by atoms with Gasteiger partial charge in [-0.2, -0.15) is 0 Å². The molecule has 0 fully saturated rings. The number of amides is 1. The first-order valence-electron chi connectivity index (χ1n) is 8.61. The lowest BCUT2D eigenvalue weighted by molar-refractivity contribution is -0.144. The van der Waals surface area contributed by atoms with Gasteiger partial charge in [-0.1, -0.05) is 59.2 Å². The van der Waals surface area contributed by atoms with Crippen LogP contribution in [0, 0.1) is 0 Å². The summed E-state index contributed by atoms with van der Waals surface area (Å²) < 4.78 is 4.66. The molecule has 0 aliphatic carbocycles. The van der Waals surface area contributed by atoms with Crippen molar-refractivity contribution in [3.8, 4) is 0 Å². The Morgan fingerprint density at radius 3 is 2.34 bits per heavy atom. The van der Waals surface area contributed by atoms with Crippen LogP contribution in [-0.4, -0.2) is 35.9 Å². The lowest BCUT2D eigenvalue weighted by Gasteiger charge is -2.16. The molecule has 0 spiro atoms. The van der Waals surface area contributed by atoms with E-state index >= 15 is 0 Å². The first-order chi connectivity index (χ1) is 13.8. The second-order valence-corrected chi connectivity index (χ2v) is 7.91. The van der Waals surface area contributed by atoms with Gasteiger partial charge >= 0.3 is 5.97 Å². The van der Waals surface area contributed by atoms with Gasteiger partial charge in [0.25, 0.3) is 0 Å². The molecule has 0 saturated heterocycles. The van der Waals surface area contributed by atoms with Gasteiger partial charge in [-0.3, -0.25) is 9.59 Å². The van der Waals surface area contributed by atoms with Gasteiger partial charge in [-0.25, -0.2) is 4.79 Å². The number of methoxy groups -OCH3 is 1. The molecule has 2 aromatic carbocycles. The third kappa shape index (κ3) is 6.96. The fraction of sp³-hybridized carbons (Fsp3) is 0.250. The topological polar surface area (TPSA) is 84.5 Å². The summed E-state index contributed by atoms with van der Waals surface area (Å²) in [6.45, 7) is 1.30. The number of benzene rings is 2. The van der Waals surface area contributed by atoms with Gasteiger partial charge in [-0.15, -0.1) is 0 Å². The number of para-hydroxylation sites is 2. The Bertz CT molecular complexity index is 888. The van der Waals surface area contributed by atoms with Gasteiger partial charge in [0.05, 0.1) is 22.8 Å². The number of ether oxygens (including phenoxy) is 1. The number of esters is 1. The molecule has 29 heavy (non-hydrogen) atoms. The minimum absolute atomic E-state index is 0.0804. The van der Waals surface area contributed by atoms with Crippen LogP contribution in [0.25, 0.3) is 0 Å². The Hall–Kier alpha value is -2.22. The third-order valence-electron chi connectivity index (χ3n) is 3.85. The summed E-state index contributed by atoms with van der Waals surface area (Å²) in [6, 6.07) is 11.6. The number of hydrogen-bond donors (Lipinski definition) is 2. The molecule has 1 unspecified atom stereocenters. The highest BCUT2D eigenvalue weighted by Crippen LogP contribution is 2.33. The number of carbonyl (C=O) groups is 3. The summed E-state index contributed by atoms with van der Waals surface area (Å²) in [7, 11) is 1.23. The normalized spacial score (nSPS) is 11.4. The van der Waals surface area contributed by atoms with Crippen molar-refractivity contribution in [2.45, 2.75) is 19.4 Å². The fourth-order valence-electron chi connectivity index (χ4n) is 2.49. The lowest BCUT2D eigenvalue weighted by Crippen LogP contribution is -2.42. The fourth-order valence-corrected chi connectivity index (χ4v) is 3.81. The number of thioether (sulfide) groups is 1. The van der Waals surface area contributed by atoms with E-state index in [1.165, 1.54) is 14.0 Å². The molecule has 2 N–H and O–H groups in total. The van der Waals surface area contributed by atoms with Crippen molar-refractivity contribution in [3.63, 3.8) is 0 Å². The standard InChI is InChI=1S/C20H20Cl2N2O4S/c1-12(25)23-17(20(27)28-2)11-29-18(26)10-13-6-3-4-9-16(13)24-19-14(21)7-5-8-15(19)22/h3-9,17,24H,10-11H2,1-2H3,(H,23,25). The van der Waals surface area contributed by atoms with E-state index in [1.807, 2.05) is 24.3 Å². The Kier molecular flexibility index (Phi) is 8.82. The number of nitrogens with one attached hydrogen (secondary N) is 2. The average Bonchev–Trinajstić information content (AvgIpc) is 2.68. The minimum Gasteiger partial charge on any atom is -0.467 e. The van der Waals surface area contributed by atoms with E-state index in [0.717, 1.165) is 17.3 Å². The van der Waals surface area contributed by atoms with Gasteiger partial charge in [0.15, 0.2) is 5.12 Å². The molecule has 154 valence electrons. The predicted molar refractivity (Wildman–Crippen MR) is 117 cm³/mol. The highest BCUT2D eigenvalue weighted by Gasteiger charge is 2.22. The van der Waals surface area contributed by atoms with E-state index in [9.17, 15) is 14.4 Å². The summed E-state index contributed by atoms with van der Waals surface area (Å²) in [5.74, 6) is -0.896. The second kappa shape index (κ2) is 11.1. The van der Waals surface area contributed by atoms with Crippen molar-refractivity contribution >= 4 is 63.3 Å². The van der Waals surface area contributed by atoms with Crippen molar-refractivity contribution in [3.05, 3.63) is 58.1 Å². The maximum atomic E-state index is 12.5. The summed E-state index contributed by atoms with van der Waals surface area (Å²) in [5.41, 5.74) is 2.00. The van der Waals surface area contributed by atoms with Crippen LogP contribution in [0.3, 0.4) is 0 Å². The Balaban J connectivity index is 2.07. The Morgan fingerprint density at radius 1 is 1.07 bits per heavy atom. The molecule has 0 aromatic heterocycles. The van der Waals surface area contributed by atoms with Gasteiger partial charge in [-0.05, 0) is 23.8 Å². The van der Waals surface area contributed by atoms with Crippen LogP contribution in [0.4, 0.5) is 11.4 Å². The van der Waals surface area contributed by atoms with E-state index in [0.29, 0.717) is 21.4 Å². The predicted octanol–water partition coefficient (Wildman–Crippen LogP) is 4.22. The molecule has 1 atom stereocenters. The number of halogens is 2. The van der Waals surface area contributed by atoms with Gasteiger partial charge in [0.2, 0.25) is 5.91 Å². The van der Waals surface area contributed by atoms with E-state index in [2.05, 4.69) is 15.4 Å². The summed E-state index contributed by atoms with van der Waals surface area (Å²) in [5, 5.41) is 6.42. The lowest BCUT2D eigenvalue weighted by atomic mass is 10.1. The van der Waals surface area contributed by atoms with Crippen LogP contribution in [0.1, 0.15) is 12.5 Å². The molecule has 0 bridgehead atoms. The molecule has 2 aromatic rings. The van der Waals surface area contributed by atoms with Crippen molar-refractivity contribution in [1.82, 2.24) is 5.32 Å². The van der Waals surface area contributed by atoms with Gasteiger partial charge < -0.3 is 15.4 Å².